The molecule has 2 nitrogen and oxygen atoms in total. The lowest BCUT2D eigenvalue weighted by Crippen LogP contribution is -1.95. The summed E-state index contributed by atoms with van der Waals surface area (Å²) in [6.07, 6.45) is 0.103. The van der Waals surface area contributed by atoms with Crippen LogP contribution >= 0.6 is 11.6 Å². The van der Waals surface area contributed by atoms with Crippen molar-refractivity contribution < 1.29 is 13.6 Å². The molecule has 0 unspecified atom stereocenters. The third kappa shape index (κ3) is 4.03. The smallest absolute Gasteiger partial charge is 0.264 e. The van der Waals surface area contributed by atoms with Gasteiger partial charge in [0.2, 0.25) is 0 Å². The fourth-order valence-electron chi connectivity index (χ4n) is 1.62. The highest BCUT2D eigenvalue weighted by molar-refractivity contribution is 6.30. The van der Waals surface area contributed by atoms with Crippen LogP contribution in [0.15, 0.2) is 53.7 Å². The van der Waals surface area contributed by atoms with Gasteiger partial charge < -0.3 is 4.84 Å². The summed E-state index contributed by atoms with van der Waals surface area (Å²) < 4.78 is 25.5. The van der Waals surface area contributed by atoms with Crippen molar-refractivity contribution in [3.8, 4) is 0 Å². The summed E-state index contributed by atoms with van der Waals surface area (Å²) in [5, 5.41) is 4.19. The van der Waals surface area contributed by atoms with Gasteiger partial charge in [-0.05, 0) is 12.1 Å². The molecule has 2 rings (SSSR count). The summed E-state index contributed by atoms with van der Waals surface area (Å²) in [7, 11) is 0. The molecule has 0 aromatic heterocycles. The summed E-state index contributed by atoms with van der Waals surface area (Å²) in [5.41, 5.74) is 1.00. The number of benzene rings is 2. The van der Waals surface area contributed by atoms with Crippen molar-refractivity contribution in [3.63, 3.8) is 0 Å². The molecular weight excluding hydrogens is 284 g/mol. The van der Waals surface area contributed by atoms with E-state index in [1.165, 1.54) is 6.07 Å². The largest absolute Gasteiger partial charge is 0.390 e. The minimum Gasteiger partial charge on any atom is -0.390 e. The van der Waals surface area contributed by atoms with E-state index in [0.717, 1.165) is 0 Å². The SMILES string of the molecule is FC(F)c1ccccc1CO/N=[C]\c1cccc(Cl)c1. The van der Waals surface area contributed by atoms with Gasteiger partial charge in [-0.25, -0.2) is 8.78 Å². The highest BCUT2D eigenvalue weighted by atomic mass is 35.5. The Labute approximate surface area is 120 Å². The Bertz CT molecular complexity index is 602. The molecule has 2 aromatic rings. The van der Waals surface area contributed by atoms with Gasteiger partial charge in [0.05, 0.1) is 0 Å². The Morgan fingerprint density at radius 2 is 1.95 bits per heavy atom. The maximum Gasteiger partial charge on any atom is 0.264 e. The Hall–Kier alpha value is -1.94. The van der Waals surface area contributed by atoms with Gasteiger partial charge in [0.25, 0.3) is 6.43 Å². The van der Waals surface area contributed by atoms with Gasteiger partial charge in [-0.15, -0.1) is 0 Å². The van der Waals surface area contributed by atoms with Crippen molar-refractivity contribution >= 4 is 17.8 Å². The highest BCUT2D eigenvalue weighted by Crippen LogP contribution is 2.23. The van der Waals surface area contributed by atoms with E-state index >= 15 is 0 Å². The van der Waals surface area contributed by atoms with Crippen molar-refractivity contribution in [1.82, 2.24) is 0 Å². The molecule has 0 fully saturated rings. The zero-order valence-corrected chi connectivity index (χ0v) is 11.1. The van der Waals surface area contributed by atoms with Crippen molar-refractivity contribution in [3.05, 3.63) is 70.2 Å². The van der Waals surface area contributed by atoms with Crippen LogP contribution in [0.2, 0.25) is 5.02 Å². The van der Waals surface area contributed by atoms with Gasteiger partial charge >= 0.3 is 0 Å². The second-order valence-electron chi connectivity index (χ2n) is 3.99. The zero-order valence-electron chi connectivity index (χ0n) is 10.4. The van der Waals surface area contributed by atoms with Gasteiger partial charge in [-0.2, -0.15) is 0 Å². The summed E-state index contributed by atoms with van der Waals surface area (Å²) >= 11 is 5.80. The van der Waals surface area contributed by atoms with Crippen LogP contribution in [0, 0.1) is 0 Å². The predicted molar refractivity (Wildman–Crippen MR) is 74.2 cm³/mol. The van der Waals surface area contributed by atoms with Crippen LogP contribution < -0.4 is 0 Å². The van der Waals surface area contributed by atoms with Crippen molar-refractivity contribution in [1.29, 1.82) is 0 Å². The molecule has 0 spiro atoms. The Balaban J connectivity index is 1.96. The highest BCUT2D eigenvalue weighted by Gasteiger charge is 2.11. The quantitative estimate of drug-likeness (QED) is 0.578. The van der Waals surface area contributed by atoms with Crippen LogP contribution in [0.25, 0.3) is 0 Å². The first kappa shape index (κ1) is 14.5. The number of halogens is 3. The van der Waals surface area contributed by atoms with Crippen LogP contribution in [0.4, 0.5) is 8.78 Å². The predicted octanol–water partition coefficient (Wildman–Crippen LogP) is 4.71. The molecule has 2 aromatic carbocycles. The third-order valence-electron chi connectivity index (χ3n) is 2.57. The first-order valence-corrected chi connectivity index (χ1v) is 6.24. The van der Waals surface area contributed by atoms with Gasteiger partial charge in [0, 0.05) is 21.7 Å². The number of hydrogen-bond acceptors (Lipinski definition) is 2. The van der Waals surface area contributed by atoms with Crippen LogP contribution in [-0.4, -0.2) is 6.21 Å². The Morgan fingerprint density at radius 1 is 1.15 bits per heavy atom. The fraction of sp³-hybridized carbons (Fsp3) is 0.133. The summed E-state index contributed by atoms with van der Waals surface area (Å²) in [6.45, 7) is -0.0337. The molecule has 0 bridgehead atoms. The van der Waals surface area contributed by atoms with Crippen molar-refractivity contribution in [2.75, 3.05) is 0 Å². The van der Waals surface area contributed by atoms with E-state index in [4.69, 9.17) is 16.4 Å². The van der Waals surface area contributed by atoms with Crippen LogP contribution in [-0.2, 0) is 11.4 Å². The van der Waals surface area contributed by atoms with E-state index in [2.05, 4.69) is 11.4 Å². The van der Waals surface area contributed by atoms with Gasteiger partial charge in [-0.1, -0.05) is 53.2 Å². The molecule has 0 N–H and O–H groups in total. The topological polar surface area (TPSA) is 21.6 Å². The number of alkyl halides is 2. The lowest BCUT2D eigenvalue weighted by molar-refractivity contribution is 0.120. The van der Waals surface area contributed by atoms with E-state index in [0.29, 0.717) is 16.1 Å². The lowest BCUT2D eigenvalue weighted by Gasteiger charge is -2.06. The van der Waals surface area contributed by atoms with E-state index in [1.54, 1.807) is 42.5 Å². The Morgan fingerprint density at radius 3 is 2.70 bits per heavy atom. The third-order valence-corrected chi connectivity index (χ3v) is 2.81. The van der Waals surface area contributed by atoms with E-state index in [9.17, 15) is 8.78 Å². The molecule has 1 radical (unpaired) electrons. The molecule has 0 amide bonds. The maximum atomic E-state index is 12.7. The minimum atomic E-state index is -2.53. The first-order valence-electron chi connectivity index (χ1n) is 5.86. The molecule has 0 heterocycles. The monoisotopic (exact) mass is 294 g/mol. The molecule has 0 saturated carbocycles. The first-order chi connectivity index (χ1) is 9.66. The van der Waals surface area contributed by atoms with E-state index in [1.807, 2.05) is 0 Å². The van der Waals surface area contributed by atoms with Gasteiger partial charge in [0.15, 0.2) is 0 Å². The summed E-state index contributed by atoms with van der Waals surface area (Å²) in [4.78, 5) is 4.99. The summed E-state index contributed by atoms with van der Waals surface area (Å²) in [6, 6.07) is 13.1. The van der Waals surface area contributed by atoms with Crippen molar-refractivity contribution in [2.45, 2.75) is 13.0 Å². The molecule has 20 heavy (non-hydrogen) atoms. The summed E-state index contributed by atoms with van der Waals surface area (Å²) in [5.74, 6) is 0. The average Bonchev–Trinajstić information content (AvgIpc) is 2.44. The number of hydrogen-bond donors (Lipinski definition) is 0. The second-order valence-corrected chi connectivity index (χ2v) is 4.42. The van der Waals surface area contributed by atoms with Gasteiger partial charge in [0.1, 0.15) is 12.8 Å². The van der Waals surface area contributed by atoms with E-state index < -0.39 is 6.43 Å². The molecule has 0 aliphatic heterocycles. The Kier molecular flexibility index (Phi) is 5.07. The lowest BCUT2D eigenvalue weighted by atomic mass is 10.1. The average molecular weight is 295 g/mol. The van der Waals surface area contributed by atoms with Crippen LogP contribution in [0.1, 0.15) is 23.1 Å². The van der Waals surface area contributed by atoms with Crippen LogP contribution in [0.3, 0.4) is 0 Å². The molecule has 0 aliphatic carbocycles. The molecule has 0 aliphatic rings. The molecule has 0 saturated heterocycles. The van der Waals surface area contributed by atoms with E-state index in [-0.39, 0.29) is 12.2 Å². The number of nitrogens with zero attached hydrogens (tertiary/aromatic N) is 1. The molecule has 5 heteroatoms. The fourth-order valence-corrected chi connectivity index (χ4v) is 1.81. The molecule has 0 atom stereocenters. The van der Waals surface area contributed by atoms with Crippen LogP contribution in [0.5, 0.6) is 0 Å². The normalized spacial score (nSPS) is 11.2. The van der Waals surface area contributed by atoms with Crippen molar-refractivity contribution in [2.24, 2.45) is 5.16 Å². The molecule has 103 valence electrons. The standard InChI is InChI=1S/C15H11ClF2NO/c16-13-6-3-4-11(8-13)9-19-20-10-12-5-1-2-7-14(12)15(17)18/h1-8,15H,10H2. The second kappa shape index (κ2) is 7.01. The maximum absolute atomic E-state index is 12.7. The molecular formula is C15H11ClF2NO. The zero-order chi connectivity index (χ0) is 14.4. The number of rotatable bonds is 5. The minimum absolute atomic E-state index is 0.0337. The van der Waals surface area contributed by atoms with Gasteiger partial charge in [-0.3, -0.25) is 0 Å².